The molecule has 0 spiro atoms. The Hall–Kier alpha value is -0.0900. The van der Waals surface area contributed by atoms with E-state index in [1.807, 2.05) is 4.90 Å². The fourth-order valence-electron chi connectivity index (χ4n) is 1.72. The minimum absolute atomic E-state index is 0. The SMILES string of the molecule is CNS(=O)(=O)CCN=C(N)N1CCC(C)CC1.I. The van der Waals surface area contributed by atoms with Gasteiger partial charge in [0, 0.05) is 13.1 Å². The highest BCUT2D eigenvalue weighted by Gasteiger charge is 2.17. The van der Waals surface area contributed by atoms with Crippen LogP contribution in [0.4, 0.5) is 0 Å². The summed E-state index contributed by atoms with van der Waals surface area (Å²) in [4.78, 5) is 6.13. The molecule has 18 heavy (non-hydrogen) atoms. The molecule has 0 aromatic carbocycles. The maximum Gasteiger partial charge on any atom is 0.213 e. The number of nitrogens with zero attached hydrogens (tertiary/aromatic N) is 2. The second kappa shape index (κ2) is 8.16. The molecule has 0 aromatic rings. The molecule has 6 nitrogen and oxygen atoms in total. The molecule has 0 radical (unpaired) electrons. The van der Waals surface area contributed by atoms with Crippen molar-refractivity contribution in [3.05, 3.63) is 0 Å². The zero-order chi connectivity index (χ0) is 12.9. The van der Waals surface area contributed by atoms with Crippen molar-refractivity contribution >= 4 is 40.0 Å². The summed E-state index contributed by atoms with van der Waals surface area (Å²) in [6.07, 6.45) is 2.23. The van der Waals surface area contributed by atoms with Crippen LogP contribution in [-0.2, 0) is 10.0 Å². The number of nitrogens with two attached hydrogens (primary N) is 1. The van der Waals surface area contributed by atoms with Gasteiger partial charge in [0.1, 0.15) is 0 Å². The van der Waals surface area contributed by atoms with Gasteiger partial charge in [-0.3, -0.25) is 4.99 Å². The van der Waals surface area contributed by atoms with Crippen molar-refractivity contribution in [2.45, 2.75) is 19.8 Å². The molecule has 1 saturated heterocycles. The topological polar surface area (TPSA) is 87.8 Å². The summed E-state index contributed by atoms with van der Waals surface area (Å²) in [5.74, 6) is 1.18. The Labute approximate surface area is 126 Å². The third-order valence-electron chi connectivity index (χ3n) is 3.05. The van der Waals surface area contributed by atoms with Crippen LogP contribution in [0.3, 0.4) is 0 Å². The van der Waals surface area contributed by atoms with E-state index in [-0.39, 0.29) is 36.3 Å². The van der Waals surface area contributed by atoms with E-state index in [0.717, 1.165) is 31.8 Å². The van der Waals surface area contributed by atoms with Crippen LogP contribution in [-0.4, -0.2) is 51.7 Å². The third kappa shape index (κ3) is 6.19. The van der Waals surface area contributed by atoms with E-state index in [4.69, 9.17) is 5.73 Å². The summed E-state index contributed by atoms with van der Waals surface area (Å²) in [7, 11) is -1.79. The largest absolute Gasteiger partial charge is 0.370 e. The Morgan fingerprint density at radius 3 is 2.50 bits per heavy atom. The van der Waals surface area contributed by atoms with Gasteiger partial charge in [-0.25, -0.2) is 13.1 Å². The Morgan fingerprint density at radius 1 is 1.44 bits per heavy atom. The van der Waals surface area contributed by atoms with Gasteiger partial charge < -0.3 is 10.6 Å². The van der Waals surface area contributed by atoms with E-state index in [1.165, 1.54) is 7.05 Å². The highest BCUT2D eigenvalue weighted by Crippen LogP contribution is 2.15. The van der Waals surface area contributed by atoms with Gasteiger partial charge in [0.2, 0.25) is 10.0 Å². The molecule has 0 unspecified atom stereocenters. The molecule has 0 amide bonds. The number of hydrogen-bond donors (Lipinski definition) is 2. The van der Waals surface area contributed by atoms with Crippen LogP contribution in [0, 0.1) is 5.92 Å². The van der Waals surface area contributed by atoms with Crippen LogP contribution in [0.25, 0.3) is 0 Å². The average Bonchev–Trinajstić information content (AvgIpc) is 2.29. The van der Waals surface area contributed by atoms with Crippen molar-refractivity contribution < 1.29 is 8.42 Å². The molecule has 1 aliphatic heterocycles. The molecule has 0 bridgehead atoms. The van der Waals surface area contributed by atoms with E-state index in [2.05, 4.69) is 16.6 Å². The van der Waals surface area contributed by atoms with Crippen LogP contribution < -0.4 is 10.5 Å². The van der Waals surface area contributed by atoms with Gasteiger partial charge >= 0.3 is 0 Å². The number of aliphatic imine (C=N–C) groups is 1. The van der Waals surface area contributed by atoms with Crippen LogP contribution in [0.15, 0.2) is 4.99 Å². The van der Waals surface area contributed by atoms with Gasteiger partial charge in [0.05, 0.1) is 12.3 Å². The molecular formula is C10H23IN4O2S. The molecule has 8 heteroatoms. The van der Waals surface area contributed by atoms with Crippen molar-refractivity contribution in [1.82, 2.24) is 9.62 Å². The number of hydrogen-bond acceptors (Lipinski definition) is 3. The number of sulfonamides is 1. The second-order valence-electron chi connectivity index (χ2n) is 4.43. The molecule has 1 aliphatic rings. The minimum atomic E-state index is -3.19. The molecule has 3 N–H and O–H groups in total. The lowest BCUT2D eigenvalue weighted by Gasteiger charge is -2.31. The van der Waals surface area contributed by atoms with E-state index < -0.39 is 10.0 Å². The number of nitrogens with one attached hydrogen (secondary N) is 1. The number of likely N-dealkylation sites (tertiary alicyclic amines) is 1. The van der Waals surface area contributed by atoms with Gasteiger partial charge in [-0.1, -0.05) is 6.92 Å². The minimum Gasteiger partial charge on any atom is -0.370 e. The molecule has 0 atom stereocenters. The highest BCUT2D eigenvalue weighted by molar-refractivity contribution is 14.0. The molecule has 0 aliphatic carbocycles. The summed E-state index contributed by atoms with van der Waals surface area (Å²) >= 11 is 0. The monoisotopic (exact) mass is 390 g/mol. The smallest absolute Gasteiger partial charge is 0.213 e. The lowest BCUT2D eigenvalue weighted by Crippen LogP contribution is -2.42. The quantitative estimate of drug-likeness (QED) is 0.408. The summed E-state index contributed by atoms with van der Waals surface area (Å²) < 4.78 is 24.6. The van der Waals surface area contributed by atoms with Crippen LogP contribution in [0.1, 0.15) is 19.8 Å². The number of guanidine groups is 1. The van der Waals surface area contributed by atoms with E-state index in [0.29, 0.717) is 5.96 Å². The number of halogens is 1. The maximum absolute atomic E-state index is 11.2. The molecule has 1 rings (SSSR count). The first-order chi connectivity index (χ1) is 7.94. The predicted octanol–water partition coefficient (Wildman–Crippen LogP) is 0.200. The summed E-state index contributed by atoms with van der Waals surface area (Å²) in [5, 5.41) is 0. The van der Waals surface area contributed by atoms with Crippen LogP contribution >= 0.6 is 24.0 Å². The van der Waals surface area contributed by atoms with Crippen molar-refractivity contribution in [2.24, 2.45) is 16.6 Å². The van der Waals surface area contributed by atoms with Crippen molar-refractivity contribution in [3.63, 3.8) is 0 Å². The van der Waals surface area contributed by atoms with Gasteiger partial charge in [-0.05, 0) is 25.8 Å². The molecule has 0 saturated carbocycles. The molecule has 0 aromatic heterocycles. The number of rotatable bonds is 4. The zero-order valence-electron chi connectivity index (χ0n) is 10.9. The summed E-state index contributed by atoms with van der Waals surface area (Å²) in [6, 6.07) is 0. The van der Waals surface area contributed by atoms with Crippen molar-refractivity contribution in [1.29, 1.82) is 0 Å². The molecular weight excluding hydrogens is 367 g/mol. The normalized spacial score (nSPS) is 18.6. The maximum atomic E-state index is 11.2. The van der Waals surface area contributed by atoms with Gasteiger partial charge in [0.15, 0.2) is 5.96 Å². The van der Waals surface area contributed by atoms with E-state index >= 15 is 0 Å². The number of piperidine rings is 1. The zero-order valence-corrected chi connectivity index (χ0v) is 14.1. The fourth-order valence-corrected chi connectivity index (χ4v) is 2.26. The Kier molecular flexibility index (Phi) is 8.11. The highest BCUT2D eigenvalue weighted by atomic mass is 127. The first kappa shape index (κ1) is 17.9. The van der Waals surface area contributed by atoms with Gasteiger partial charge in [-0.2, -0.15) is 0 Å². The van der Waals surface area contributed by atoms with E-state index in [9.17, 15) is 8.42 Å². The predicted molar refractivity (Wildman–Crippen MR) is 84.7 cm³/mol. The molecule has 108 valence electrons. The third-order valence-corrected chi connectivity index (χ3v) is 4.39. The molecule has 1 fully saturated rings. The van der Waals surface area contributed by atoms with Gasteiger partial charge in [0.25, 0.3) is 0 Å². The summed E-state index contributed by atoms with van der Waals surface area (Å²) in [6.45, 7) is 4.26. The Balaban J connectivity index is 0.00000289. The van der Waals surface area contributed by atoms with E-state index in [1.54, 1.807) is 0 Å². The summed E-state index contributed by atoms with van der Waals surface area (Å²) in [5.41, 5.74) is 5.83. The van der Waals surface area contributed by atoms with Gasteiger partial charge in [-0.15, -0.1) is 24.0 Å². The van der Waals surface area contributed by atoms with Crippen LogP contribution in [0.5, 0.6) is 0 Å². The first-order valence-electron chi connectivity index (χ1n) is 5.90. The second-order valence-corrected chi connectivity index (χ2v) is 6.48. The van der Waals surface area contributed by atoms with Crippen LogP contribution in [0.2, 0.25) is 0 Å². The lowest BCUT2D eigenvalue weighted by atomic mass is 10.00. The lowest BCUT2D eigenvalue weighted by molar-refractivity contribution is 0.278. The molecule has 1 heterocycles. The van der Waals surface area contributed by atoms with Crippen molar-refractivity contribution in [2.75, 3.05) is 32.4 Å². The fraction of sp³-hybridized carbons (Fsp3) is 0.900. The first-order valence-corrected chi connectivity index (χ1v) is 7.56. The average molecular weight is 390 g/mol. The Morgan fingerprint density at radius 2 is 2.00 bits per heavy atom. The standard InChI is InChI=1S/C10H22N4O2S.HI/c1-9-3-6-14(7-4-9)10(11)13-5-8-17(15,16)12-2;/h9,12H,3-8H2,1-2H3,(H2,11,13);1H. The van der Waals surface area contributed by atoms with Crippen molar-refractivity contribution in [3.8, 4) is 0 Å². The Bertz CT molecular complexity index is 364.